The third kappa shape index (κ3) is 2.70. The molecule has 5 nitrogen and oxygen atoms in total. The van der Waals surface area contributed by atoms with Crippen LogP contribution in [0.2, 0.25) is 0 Å². The van der Waals surface area contributed by atoms with E-state index < -0.39 is 4.92 Å². The smallest absolute Gasteiger partial charge is 0.312 e. The Labute approximate surface area is 114 Å². The van der Waals surface area contributed by atoms with Gasteiger partial charge in [0.25, 0.3) is 0 Å². The van der Waals surface area contributed by atoms with Gasteiger partial charge in [-0.05, 0) is 28.7 Å². The first-order chi connectivity index (χ1) is 7.51. The average molecular weight is 400 g/mol. The van der Waals surface area contributed by atoms with E-state index in [4.69, 9.17) is 4.74 Å². The number of nitro groups is 1. The molecule has 16 heavy (non-hydrogen) atoms. The van der Waals surface area contributed by atoms with E-state index in [0.29, 0.717) is 9.13 Å². The van der Waals surface area contributed by atoms with Crippen molar-refractivity contribution in [3.8, 4) is 5.75 Å². The minimum atomic E-state index is -0.538. The third-order valence-electron chi connectivity index (χ3n) is 1.89. The van der Waals surface area contributed by atoms with Crippen molar-refractivity contribution in [1.82, 2.24) is 0 Å². The van der Waals surface area contributed by atoms with Crippen LogP contribution in [0.1, 0.15) is 10.4 Å². The number of ether oxygens (including phenoxy) is 1. The van der Waals surface area contributed by atoms with Crippen molar-refractivity contribution >= 4 is 50.0 Å². The lowest BCUT2D eigenvalue weighted by Gasteiger charge is -2.06. The summed E-state index contributed by atoms with van der Waals surface area (Å²) in [7, 11) is 1.33. The van der Waals surface area contributed by atoms with Crippen LogP contribution in [-0.2, 0) is 0 Å². The van der Waals surface area contributed by atoms with Crippen LogP contribution in [-0.4, -0.2) is 23.1 Å². The average Bonchev–Trinajstić information content (AvgIpc) is 2.27. The predicted octanol–water partition coefficient (Wildman–Crippen LogP) is 2.79. The fourth-order valence-electron chi connectivity index (χ4n) is 1.13. The highest BCUT2D eigenvalue weighted by Gasteiger charge is 2.20. The molecule has 0 spiro atoms. The molecule has 0 radical (unpaired) electrons. The molecule has 0 atom stereocenters. The van der Waals surface area contributed by atoms with Gasteiger partial charge < -0.3 is 4.74 Å². The van der Waals surface area contributed by atoms with Crippen LogP contribution < -0.4 is 4.74 Å². The van der Waals surface area contributed by atoms with Gasteiger partial charge in [0.1, 0.15) is 0 Å². The van der Waals surface area contributed by atoms with Gasteiger partial charge in [-0.25, -0.2) is 0 Å². The number of methoxy groups -OCH3 is 1. The number of carbonyl (C=O) groups is 1. The van der Waals surface area contributed by atoms with Gasteiger partial charge in [0, 0.05) is 15.2 Å². The van der Waals surface area contributed by atoms with Gasteiger partial charge in [-0.3, -0.25) is 14.9 Å². The van der Waals surface area contributed by atoms with Crippen LogP contribution in [0.3, 0.4) is 0 Å². The number of halogens is 2. The Morgan fingerprint density at radius 3 is 2.69 bits per heavy atom. The van der Waals surface area contributed by atoms with Crippen molar-refractivity contribution in [1.29, 1.82) is 0 Å². The second-order valence-electron chi connectivity index (χ2n) is 2.82. The number of ketones is 1. The molecular weight excluding hydrogens is 393 g/mol. The largest absolute Gasteiger partial charge is 0.490 e. The number of benzene rings is 1. The molecular formula is C9H7BrINO4. The van der Waals surface area contributed by atoms with Gasteiger partial charge >= 0.3 is 5.69 Å². The van der Waals surface area contributed by atoms with Gasteiger partial charge in [-0.2, -0.15) is 0 Å². The number of rotatable bonds is 4. The summed E-state index contributed by atoms with van der Waals surface area (Å²) < 4.78 is 5.42. The van der Waals surface area contributed by atoms with E-state index in [-0.39, 0.29) is 22.6 Å². The van der Waals surface area contributed by atoms with E-state index in [0.717, 1.165) is 0 Å². The molecule has 1 aromatic rings. The van der Waals surface area contributed by atoms with Crippen LogP contribution >= 0.6 is 38.5 Å². The Hall–Kier alpha value is -0.700. The van der Waals surface area contributed by atoms with Crippen LogP contribution in [0.25, 0.3) is 0 Å². The van der Waals surface area contributed by atoms with E-state index in [1.807, 2.05) is 22.6 Å². The van der Waals surface area contributed by atoms with E-state index >= 15 is 0 Å². The standard InChI is InChI=1S/C9H7BrINO4/c1-16-9-2-5(8(13)4-10)6(11)3-7(9)12(14)15/h2-3H,4H2,1H3. The lowest BCUT2D eigenvalue weighted by molar-refractivity contribution is -0.385. The Balaban J connectivity index is 3.37. The zero-order valence-electron chi connectivity index (χ0n) is 8.20. The first kappa shape index (κ1) is 13.4. The molecule has 0 amide bonds. The summed E-state index contributed by atoms with van der Waals surface area (Å²) in [5.41, 5.74) is 0.276. The van der Waals surface area contributed by atoms with Gasteiger partial charge in [0.05, 0.1) is 17.4 Å². The lowest BCUT2D eigenvalue weighted by Crippen LogP contribution is -2.05. The SMILES string of the molecule is COc1cc(C(=O)CBr)c(I)cc1[N+](=O)[O-]. The number of hydrogen-bond acceptors (Lipinski definition) is 4. The van der Waals surface area contributed by atoms with Crippen LogP contribution in [0.15, 0.2) is 12.1 Å². The number of hydrogen-bond donors (Lipinski definition) is 0. The fourth-order valence-corrected chi connectivity index (χ4v) is 2.19. The maximum absolute atomic E-state index is 11.5. The molecule has 0 aliphatic carbocycles. The number of nitrogens with zero attached hydrogens (tertiary/aromatic N) is 1. The Bertz CT molecular complexity index is 449. The molecule has 0 N–H and O–H groups in total. The number of alkyl halides is 1. The Morgan fingerprint density at radius 1 is 1.62 bits per heavy atom. The maximum Gasteiger partial charge on any atom is 0.312 e. The van der Waals surface area contributed by atoms with Gasteiger partial charge in [0.15, 0.2) is 11.5 Å². The number of nitro benzene ring substituents is 1. The van der Waals surface area contributed by atoms with E-state index in [9.17, 15) is 14.9 Å². The zero-order valence-corrected chi connectivity index (χ0v) is 11.9. The van der Waals surface area contributed by atoms with Crippen molar-refractivity contribution in [3.63, 3.8) is 0 Å². The molecule has 1 rings (SSSR count). The molecule has 0 saturated carbocycles. The summed E-state index contributed by atoms with van der Waals surface area (Å²) in [5, 5.41) is 10.9. The summed E-state index contributed by atoms with van der Waals surface area (Å²) in [6, 6.07) is 2.72. The maximum atomic E-state index is 11.5. The third-order valence-corrected chi connectivity index (χ3v) is 3.29. The van der Waals surface area contributed by atoms with Crippen molar-refractivity contribution < 1.29 is 14.5 Å². The normalized spacial score (nSPS) is 9.94. The molecule has 1 aromatic carbocycles. The Morgan fingerprint density at radius 2 is 2.25 bits per heavy atom. The molecule has 0 aliphatic heterocycles. The van der Waals surface area contributed by atoms with E-state index in [1.165, 1.54) is 19.2 Å². The van der Waals surface area contributed by atoms with Gasteiger partial charge in [-0.15, -0.1) is 0 Å². The van der Waals surface area contributed by atoms with Crippen LogP contribution in [0.5, 0.6) is 5.75 Å². The fraction of sp³-hybridized carbons (Fsp3) is 0.222. The molecule has 0 aromatic heterocycles. The number of carbonyl (C=O) groups excluding carboxylic acids is 1. The molecule has 86 valence electrons. The molecule has 0 fully saturated rings. The first-order valence-corrected chi connectivity index (χ1v) is 6.32. The van der Waals surface area contributed by atoms with E-state index in [1.54, 1.807) is 0 Å². The second-order valence-corrected chi connectivity index (χ2v) is 4.54. The molecule has 0 saturated heterocycles. The van der Waals surface area contributed by atoms with Crippen LogP contribution in [0, 0.1) is 13.7 Å². The quantitative estimate of drug-likeness (QED) is 0.256. The van der Waals surface area contributed by atoms with Crippen molar-refractivity contribution in [2.75, 3.05) is 12.4 Å². The van der Waals surface area contributed by atoms with Crippen LogP contribution in [0.4, 0.5) is 5.69 Å². The van der Waals surface area contributed by atoms with E-state index in [2.05, 4.69) is 15.9 Å². The minimum Gasteiger partial charge on any atom is -0.490 e. The molecule has 0 unspecified atom stereocenters. The Kier molecular flexibility index (Phi) is 4.66. The van der Waals surface area contributed by atoms with Crippen molar-refractivity contribution in [2.45, 2.75) is 0 Å². The zero-order chi connectivity index (χ0) is 12.3. The summed E-state index contributed by atoms with van der Waals surface area (Å²) in [5.74, 6) is -0.0488. The van der Waals surface area contributed by atoms with Gasteiger partial charge in [0.2, 0.25) is 0 Å². The van der Waals surface area contributed by atoms with Gasteiger partial charge in [-0.1, -0.05) is 15.9 Å². The topological polar surface area (TPSA) is 69.4 Å². The predicted molar refractivity (Wildman–Crippen MR) is 70.5 cm³/mol. The molecule has 7 heteroatoms. The second kappa shape index (κ2) is 5.58. The molecule has 0 aliphatic rings. The van der Waals surface area contributed by atoms with Crippen molar-refractivity contribution in [3.05, 3.63) is 31.4 Å². The molecule has 0 bridgehead atoms. The molecule has 0 heterocycles. The summed E-state index contributed by atoms with van der Waals surface area (Å²) in [6.45, 7) is 0. The summed E-state index contributed by atoms with van der Waals surface area (Å²) in [4.78, 5) is 21.7. The van der Waals surface area contributed by atoms with Crippen molar-refractivity contribution in [2.24, 2.45) is 0 Å². The lowest BCUT2D eigenvalue weighted by atomic mass is 10.1. The minimum absolute atomic E-state index is 0.0923. The summed E-state index contributed by atoms with van der Waals surface area (Å²) >= 11 is 4.94. The summed E-state index contributed by atoms with van der Waals surface area (Å²) in [6.07, 6.45) is 0. The highest BCUT2D eigenvalue weighted by Crippen LogP contribution is 2.31. The monoisotopic (exact) mass is 399 g/mol. The number of Topliss-reactive ketones (excluding diaryl/α,β-unsaturated/α-hetero) is 1. The highest BCUT2D eigenvalue weighted by atomic mass is 127. The first-order valence-electron chi connectivity index (χ1n) is 4.12. The highest BCUT2D eigenvalue weighted by molar-refractivity contribution is 14.1.